The van der Waals surface area contributed by atoms with Gasteiger partial charge in [0.15, 0.2) is 0 Å². The molecule has 4 heteroatoms. The Morgan fingerprint density at radius 1 is 1.39 bits per heavy atom. The van der Waals surface area contributed by atoms with E-state index in [1.165, 1.54) is 31.6 Å². The van der Waals surface area contributed by atoms with Crippen LogP contribution >= 0.6 is 0 Å². The lowest BCUT2D eigenvalue weighted by Gasteiger charge is -2.30. The van der Waals surface area contributed by atoms with Gasteiger partial charge in [0.25, 0.3) is 0 Å². The van der Waals surface area contributed by atoms with Crippen molar-refractivity contribution in [2.75, 3.05) is 33.3 Å². The number of rotatable bonds is 5. The molecule has 1 saturated heterocycles. The van der Waals surface area contributed by atoms with Gasteiger partial charge < -0.3 is 10.6 Å². The van der Waals surface area contributed by atoms with Crippen molar-refractivity contribution in [2.24, 2.45) is 5.73 Å². The molecule has 1 fully saturated rings. The van der Waals surface area contributed by atoms with E-state index in [4.69, 9.17) is 10.6 Å². The molecule has 0 spiro atoms. The summed E-state index contributed by atoms with van der Waals surface area (Å²) in [5, 5.41) is 0. The first kappa shape index (κ1) is 13.3. The lowest BCUT2D eigenvalue weighted by Crippen LogP contribution is -2.46. The third-order valence-corrected chi connectivity index (χ3v) is 3.74. The van der Waals surface area contributed by atoms with E-state index in [1.807, 2.05) is 17.0 Å². The molecule has 0 aromatic carbocycles. The van der Waals surface area contributed by atoms with Crippen molar-refractivity contribution in [1.29, 1.82) is 0 Å². The van der Waals surface area contributed by atoms with Gasteiger partial charge in [0, 0.05) is 16.9 Å². The molecular formula is C14H24N3O+. The fourth-order valence-corrected chi connectivity index (χ4v) is 2.69. The van der Waals surface area contributed by atoms with Gasteiger partial charge in [-0.05, 0) is 51.5 Å². The average molecular weight is 250 g/mol. The van der Waals surface area contributed by atoms with E-state index in [1.54, 1.807) is 7.11 Å². The second kappa shape index (κ2) is 6.71. The molecule has 4 nitrogen and oxygen atoms in total. The van der Waals surface area contributed by atoms with E-state index in [0.717, 1.165) is 19.5 Å². The predicted octanol–water partition coefficient (Wildman–Crippen LogP) is 0.561. The Morgan fingerprint density at radius 3 is 2.83 bits per heavy atom. The monoisotopic (exact) mass is 250 g/mol. The maximum atomic E-state index is 5.56. The minimum absolute atomic E-state index is 0.611. The van der Waals surface area contributed by atoms with E-state index < -0.39 is 0 Å². The summed E-state index contributed by atoms with van der Waals surface area (Å²) in [6.07, 6.45) is 5.50. The molecule has 1 aromatic heterocycles. The molecule has 2 rings (SSSR count). The molecule has 0 aliphatic carbocycles. The van der Waals surface area contributed by atoms with Crippen molar-refractivity contribution in [2.45, 2.75) is 25.2 Å². The van der Waals surface area contributed by atoms with Gasteiger partial charge in [0.1, 0.15) is 7.11 Å². The highest BCUT2D eigenvalue weighted by molar-refractivity contribution is 5.04. The summed E-state index contributed by atoms with van der Waals surface area (Å²) in [4.78, 5) is 7.89. The zero-order chi connectivity index (χ0) is 12.8. The molecular weight excluding hydrogens is 226 g/mol. The third-order valence-electron chi connectivity index (χ3n) is 3.74. The van der Waals surface area contributed by atoms with Gasteiger partial charge >= 0.3 is 0 Å². The summed E-state index contributed by atoms with van der Waals surface area (Å²) in [6.45, 7) is 4.27. The minimum atomic E-state index is 0.611. The highest BCUT2D eigenvalue weighted by Crippen LogP contribution is 2.25. The molecule has 0 radical (unpaired) electrons. The van der Waals surface area contributed by atoms with Crippen LogP contribution in [0.2, 0.25) is 0 Å². The SMILES string of the molecule is CO[n+]1ccccc1C1CCN(CCCN)CC1. The zero-order valence-electron chi connectivity index (χ0n) is 11.2. The number of piperidine rings is 1. The molecule has 0 atom stereocenters. The van der Waals surface area contributed by atoms with E-state index >= 15 is 0 Å². The summed E-state index contributed by atoms with van der Waals surface area (Å²) >= 11 is 0. The Hall–Kier alpha value is -1.13. The lowest BCUT2D eigenvalue weighted by atomic mass is 9.93. The number of nitrogens with zero attached hydrogens (tertiary/aromatic N) is 2. The van der Waals surface area contributed by atoms with Gasteiger partial charge in [-0.1, -0.05) is 0 Å². The second-order valence-corrected chi connectivity index (χ2v) is 4.89. The van der Waals surface area contributed by atoms with Crippen LogP contribution in [-0.4, -0.2) is 38.2 Å². The largest absolute Gasteiger partial charge is 0.330 e. The molecule has 2 N–H and O–H groups in total. The first-order chi connectivity index (χ1) is 8.85. The molecule has 0 saturated carbocycles. The molecule has 18 heavy (non-hydrogen) atoms. The van der Waals surface area contributed by atoms with Crippen molar-refractivity contribution in [3.8, 4) is 0 Å². The minimum Gasteiger partial charge on any atom is -0.330 e. The number of hydrogen-bond acceptors (Lipinski definition) is 3. The smallest absolute Gasteiger partial charge is 0.237 e. The predicted molar refractivity (Wildman–Crippen MR) is 71.2 cm³/mol. The van der Waals surface area contributed by atoms with Gasteiger partial charge in [-0.25, -0.2) is 0 Å². The van der Waals surface area contributed by atoms with Crippen LogP contribution in [0, 0.1) is 0 Å². The first-order valence-electron chi connectivity index (χ1n) is 6.82. The molecule has 0 unspecified atom stereocenters. The summed E-state index contributed by atoms with van der Waals surface area (Å²) in [6, 6.07) is 6.26. The maximum Gasteiger partial charge on any atom is 0.237 e. The summed E-state index contributed by atoms with van der Waals surface area (Å²) < 4.78 is 1.89. The van der Waals surface area contributed by atoms with Crippen LogP contribution in [0.3, 0.4) is 0 Å². The highest BCUT2D eigenvalue weighted by Gasteiger charge is 2.27. The van der Waals surface area contributed by atoms with Crippen LogP contribution < -0.4 is 15.3 Å². The van der Waals surface area contributed by atoms with E-state index in [9.17, 15) is 0 Å². The third kappa shape index (κ3) is 3.21. The van der Waals surface area contributed by atoms with Crippen LogP contribution in [0.5, 0.6) is 0 Å². The summed E-state index contributed by atoms with van der Waals surface area (Å²) in [7, 11) is 1.72. The average Bonchev–Trinajstić information content (AvgIpc) is 2.45. The van der Waals surface area contributed by atoms with Crippen LogP contribution in [-0.2, 0) is 0 Å². The Bertz CT molecular complexity index is 362. The van der Waals surface area contributed by atoms with Gasteiger partial charge in [-0.15, -0.1) is 0 Å². The zero-order valence-corrected chi connectivity index (χ0v) is 11.2. The number of pyridine rings is 1. The van der Waals surface area contributed by atoms with Crippen LogP contribution in [0.4, 0.5) is 0 Å². The van der Waals surface area contributed by atoms with Gasteiger partial charge in [-0.2, -0.15) is 0 Å². The Labute approximate surface area is 109 Å². The second-order valence-electron chi connectivity index (χ2n) is 4.89. The van der Waals surface area contributed by atoms with E-state index in [2.05, 4.69) is 17.0 Å². The fourth-order valence-electron chi connectivity index (χ4n) is 2.69. The molecule has 1 aromatic rings. The van der Waals surface area contributed by atoms with Crippen LogP contribution in [0.25, 0.3) is 0 Å². The van der Waals surface area contributed by atoms with E-state index in [0.29, 0.717) is 5.92 Å². The van der Waals surface area contributed by atoms with Crippen molar-refractivity contribution < 1.29 is 9.57 Å². The Balaban J connectivity index is 1.92. The summed E-state index contributed by atoms with van der Waals surface area (Å²) in [5.74, 6) is 0.611. The Kier molecular flexibility index (Phi) is 4.96. The van der Waals surface area contributed by atoms with Crippen molar-refractivity contribution in [1.82, 2.24) is 4.90 Å². The lowest BCUT2D eigenvalue weighted by molar-refractivity contribution is -0.891. The molecule has 2 heterocycles. The number of nitrogens with two attached hydrogens (primary N) is 1. The normalized spacial score (nSPS) is 17.9. The molecule has 0 amide bonds. The molecule has 1 aliphatic rings. The molecule has 0 bridgehead atoms. The number of likely N-dealkylation sites (tertiary alicyclic amines) is 1. The summed E-state index contributed by atoms with van der Waals surface area (Å²) in [5.41, 5.74) is 6.85. The van der Waals surface area contributed by atoms with Crippen molar-refractivity contribution in [3.63, 3.8) is 0 Å². The van der Waals surface area contributed by atoms with E-state index in [-0.39, 0.29) is 0 Å². The first-order valence-corrected chi connectivity index (χ1v) is 6.82. The van der Waals surface area contributed by atoms with Gasteiger partial charge in [0.05, 0.1) is 5.92 Å². The van der Waals surface area contributed by atoms with Crippen LogP contribution in [0.1, 0.15) is 30.9 Å². The van der Waals surface area contributed by atoms with Gasteiger partial charge in [0.2, 0.25) is 11.9 Å². The van der Waals surface area contributed by atoms with Crippen LogP contribution in [0.15, 0.2) is 24.4 Å². The standard InChI is InChI=1S/C14H24N3O/c1-18-17-10-3-2-5-14(17)13-6-11-16(12-7-13)9-4-8-15/h2-3,5,10,13H,4,6-9,11-12,15H2,1H3/q+1. The molecule has 1 aliphatic heterocycles. The fraction of sp³-hybridized carbons (Fsp3) is 0.643. The highest BCUT2D eigenvalue weighted by atomic mass is 16.6. The quantitative estimate of drug-likeness (QED) is 0.777. The maximum absolute atomic E-state index is 5.56. The number of aromatic nitrogens is 1. The molecule has 100 valence electrons. The Morgan fingerprint density at radius 2 is 2.17 bits per heavy atom. The van der Waals surface area contributed by atoms with Gasteiger partial charge in [-0.3, -0.25) is 4.84 Å². The topological polar surface area (TPSA) is 42.4 Å². The van der Waals surface area contributed by atoms with Crippen molar-refractivity contribution >= 4 is 0 Å². The number of hydrogen-bond donors (Lipinski definition) is 1. The van der Waals surface area contributed by atoms with Crippen molar-refractivity contribution in [3.05, 3.63) is 30.1 Å².